The van der Waals surface area contributed by atoms with Crippen molar-refractivity contribution in [1.82, 2.24) is 15.3 Å². The highest BCUT2D eigenvalue weighted by molar-refractivity contribution is 6.00. The highest BCUT2D eigenvalue weighted by atomic mass is 16.5. The molecule has 0 radical (unpaired) electrons. The van der Waals surface area contributed by atoms with E-state index < -0.39 is 5.97 Å². The molecule has 144 valence electrons. The summed E-state index contributed by atoms with van der Waals surface area (Å²) < 4.78 is 4.87. The maximum atomic E-state index is 13.1. The number of ether oxygens (including phenoxy) is 1. The number of nitrogens with zero attached hydrogens (tertiary/aromatic N) is 1. The van der Waals surface area contributed by atoms with Crippen molar-refractivity contribution in [2.75, 3.05) is 7.11 Å². The third-order valence-electron chi connectivity index (χ3n) is 4.75. The van der Waals surface area contributed by atoms with Crippen molar-refractivity contribution in [3.63, 3.8) is 0 Å². The quantitative estimate of drug-likeness (QED) is 0.643. The predicted molar refractivity (Wildman–Crippen MR) is 106 cm³/mol. The number of rotatable bonds is 6. The Morgan fingerprint density at radius 3 is 2.36 bits per heavy atom. The minimum Gasteiger partial charge on any atom is -0.465 e. The summed E-state index contributed by atoms with van der Waals surface area (Å²) in [5, 5.41) is 3.08. The SMILES string of the molecule is CCc1[nH]c(C(=O)NC(c2ccccc2)c2ccncc2)c(C)c1C(=O)OC. The van der Waals surface area contributed by atoms with E-state index in [0.717, 1.165) is 11.1 Å². The molecule has 2 aromatic heterocycles. The Morgan fingerprint density at radius 1 is 1.11 bits per heavy atom. The standard InChI is InChI=1S/C22H23N3O3/c1-4-17-18(22(27)28-3)14(2)19(24-17)21(26)25-20(15-8-6-5-7-9-15)16-10-12-23-13-11-16/h5-13,20,24H,4H2,1-3H3,(H,25,26). The molecule has 3 rings (SSSR count). The second kappa shape index (κ2) is 8.52. The summed E-state index contributed by atoms with van der Waals surface area (Å²) in [5.74, 6) is -0.730. The molecule has 2 N–H and O–H groups in total. The van der Waals surface area contributed by atoms with E-state index in [9.17, 15) is 9.59 Å². The maximum Gasteiger partial charge on any atom is 0.339 e. The molecule has 28 heavy (non-hydrogen) atoms. The molecule has 0 bridgehead atoms. The van der Waals surface area contributed by atoms with Crippen LogP contribution in [0.25, 0.3) is 0 Å². The molecular weight excluding hydrogens is 354 g/mol. The van der Waals surface area contributed by atoms with Gasteiger partial charge in [-0.15, -0.1) is 0 Å². The van der Waals surface area contributed by atoms with Crippen LogP contribution in [-0.2, 0) is 11.2 Å². The van der Waals surface area contributed by atoms with Crippen molar-refractivity contribution >= 4 is 11.9 Å². The van der Waals surface area contributed by atoms with Gasteiger partial charge in [-0.1, -0.05) is 37.3 Å². The zero-order chi connectivity index (χ0) is 20.1. The summed E-state index contributed by atoms with van der Waals surface area (Å²) in [6, 6.07) is 13.1. The summed E-state index contributed by atoms with van der Waals surface area (Å²) in [5.41, 5.74) is 3.94. The molecule has 1 atom stereocenters. The molecule has 0 saturated heterocycles. The summed E-state index contributed by atoms with van der Waals surface area (Å²) in [6.07, 6.45) is 3.98. The molecule has 1 unspecified atom stereocenters. The van der Waals surface area contributed by atoms with Gasteiger partial charge in [0.05, 0.1) is 18.7 Å². The number of amides is 1. The number of hydrogen-bond donors (Lipinski definition) is 2. The van der Waals surface area contributed by atoms with Crippen LogP contribution in [0.5, 0.6) is 0 Å². The molecule has 1 amide bonds. The fourth-order valence-corrected chi connectivity index (χ4v) is 3.29. The van der Waals surface area contributed by atoms with E-state index in [1.165, 1.54) is 7.11 Å². The fraction of sp³-hybridized carbons (Fsp3) is 0.227. The Kier molecular flexibility index (Phi) is 5.89. The summed E-state index contributed by atoms with van der Waals surface area (Å²) in [4.78, 5) is 32.4. The van der Waals surface area contributed by atoms with E-state index in [2.05, 4.69) is 15.3 Å². The van der Waals surface area contributed by atoms with Crippen molar-refractivity contribution < 1.29 is 14.3 Å². The van der Waals surface area contributed by atoms with E-state index in [-0.39, 0.29) is 11.9 Å². The lowest BCUT2D eigenvalue weighted by molar-refractivity contribution is 0.0599. The van der Waals surface area contributed by atoms with Crippen molar-refractivity contribution in [3.05, 3.63) is 88.5 Å². The summed E-state index contributed by atoms with van der Waals surface area (Å²) in [6.45, 7) is 3.67. The third kappa shape index (κ3) is 3.81. The van der Waals surface area contributed by atoms with Crippen LogP contribution in [0.2, 0.25) is 0 Å². The van der Waals surface area contributed by atoms with E-state index in [4.69, 9.17) is 4.74 Å². The monoisotopic (exact) mass is 377 g/mol. The Bertz CT molecular complexity index is 926. The molecule has 1 aromatic carbocycles. The van der Waals surface area contributed by atoms with Gasteiger partial charge in [0.1, 0.15) is 5.69 Å². The fourth-order valence-electron chi connectivity index (χ4n) is 3.29. The number of aromatic amines is 1. The second-order valence-corrected chi connectivity index (χ2v) is 6.42. The third-order valence-corrected chi connectivity index (χ3v) is 4.75. The number of aryl methyl sites for hydroxylation is 1. The average molecular weight is 377 g/mol. The Hall–Kier alpha value is -3.41. The predicted octanol–water partition coefficient (Wildman–Crippen LogP) is 3.59. The number of benzene rings is 1. The van der Waals surface area contributed by atoms with Gasteiger partial charge in [0.15, 0.2) is 0 Å². The van der Waals surface area contributed by atoms with E-state index in [0.29, 0.717) is 28.9 Å². The molecule has 6 nitrogen and oxygen atoms in total. The summed E-state index contributed by atoms with van der Waals surface area (Å²) >= 11 is 0. The number of hydrogen-bond acceptors (Lipinski definition) is 4. The molecule has 3 aromatic rings. The van der Waals surface area contributed by atoms with E-state index in [1.54, 1.807) is 19.3 Å². The van der Waals surface area contributed by atoms with Gasteiger partial charge in [-0.3, -0.25) is 9.78 Å². The number of pyridine rings is 1. The average Bonchev–Trinajstić information content (AvgIpc) is 3.09. The molecule has 0 aliphatic rings. The van der Waals surface area contributed by atoms with Crippen molar-refractivity contribution in [2.45, 2.75) is 26.3 Å². The molecule has 0 spiro atoms. The van der Waals surface area contributed by atoms with Crippen LogP contribution in [0.15, 0.2) is 54.9 Å². The van der Waals surface area contributed by atoms with Crippen molar-refractivity contribution in [2.24, 2.45) is 0 Å². The molecule has 6 heteroatoms. The molecule has 0 saturated carbocycles. The van der Waals surface area contributed by atoms with Crippen LogP contribution in [0, 0.1) is 6.92 Å². The van der Waals surface area contributed by atoms with E-state index in [1.807, 2.05) is 49.4 Å². The number of carbonyl (C=O) groups excluding carboxylic acids is 2. The first kappa shape index (κ1) is 19.4. The molecule has 0 aliphatic carbocycles. The van der Waals surface area contributed by atoms with Crippen LogP contribution < -0.4 is 5.32 Å². The van der Waals surface area contributed by atoms with Crippen LogP contribution >= 0.6 is 0 Å². The number of aromatic nitrogens is 2. The highest BCUT2D eigenvalue weighted by Gasteiger charge is 2.25. The lowest BCUT2D eigenvalue weighted by atomic mass is 9.99. The minimum absolute atomic E-state index is 0.284. The highest BCUT2D eigenvalue weighted by Crippen LogP contribution is 2.24. The smallest absolute Gasteiger partial charge is 0.339 e. The molecule has 0 aliphatic heterocycles. The minimum atomic E-state index is -0.446. The second-order valence-electron chi connectivity index (χ2n) is 6.42. The number of H-pyrrole nitrogens is 1. The van der Waals surface area contributed by atoms with E-state index >= 15 is 0 Å². The Labute approximate surface area is 164 Å². The normalized spacial score (nSPS) is 11.7. The first-order valence-corrected chi connectivity index (χ1v) is 9.12. The van der Waals surface area contributed by atoms with Gasteiger partial charge in [-0.25, -0.2) is 4.79 Å². The number of nitrogens with one attached hydrogen (secondary N) is 2. The number of methoxy groups -OCH3 is 1. The zero-order valence-corrected chi connectivity index (χ0v) is 16.2. The zero-order valence-electron chi connectivity index (χ0n) is 16.2. The van der Waals surface area contributed by atoms with Crippen LogP contribution in [0.1, 0.15) is 56.2 Å². The molecule has 2 heterocycles. The Morgan fingerprint density at radius 2 is 1.75 bits per heavy atom. The molecule has 0 fully saturated rings. The first-order valence-electron chi connectivity index (χ1n) is 9.12. The number of esters is 1. The largest absolute Gasteiger partial charge is 0.465 e. The van der Waals surface area contributed by atoms with Gasteiger partial charge in [0, 0.05) is 18.1 Å². The van der Waals surface area contributed by atoms with Crippen LogP contribution in [-0.4, -0.2) is 29.0 Å². The Balaban J connectivity index is 1.97. The lowest BCUT2D eigenvalue weighted by Crippen LogP contribution is -2.30. The van der Waals surface area contributed by atoms with Gasteiger partial charge in [0.2, 0.25) is 0 Å². The lowest BCUT2D eigenvalue weighted by Gasteiger charge is -2.19. The topological polar surface area (TPSA) is 84.1 Å². The first-order chi connectivity index (χ1) is 13.6. The van der Waals surface area contributed by atoms with Gasteiger partial charge in [-0.05, 0) is 42.2 Å². The van der Waals surface area contributed by atoms with Gasteiger partial charge in [-0.2, -0.15) is 0 Å². The van der Waals surface area contributed by atoms with Gasteiger partial charge >= 0.3 is 5.97 Å². The van der Waals surface area contributed by atoms with Gasteiger partial charge < -0.3 is 15.0 Å². The molecular formula is C22H23N3O3. The van der Waals surface area contributed by atoms with Crippen molar-refractivity contribution in [3.8, 4) is 0 Å². The van der Waals surface area contributed by atoms with Gasteiger partial charge in [0.25, 0.3) is 5.91 Å². The van der Waals surface area contributed by atoms with Crippen molar-refractivity contribution in [1.29, 1.82) is 0 Å². The van der Waals surface area contributed by atoms with Crippen LogP contribution in [0.3, 0.4) is 0 Å². The summed E-state index contributed by atoms with van der Waals surface area (Å²) in [7, 11) is 1.34. The number of carbonyl (C=O) groups is 2. The maximum absolute atomic E-state index is 13.1. The van der Waals surface area contributed by atoms with Crippen LogP contribution in [0.4, 0.5) is 0 Å².